The zero-order chi connectivity index (χ0) is 12.3. The van der Waals surface area contributed by atoms with Gasteiger partial charge in [-0.05, 0) is 12.1 Å². The molecule has 1 N–H and O–H groups in total. The Morgan fingerprint density at radius 3 is 3.00 bits per heavy atom. The average molecular weight is 253 g/mol. The molecule has 1 aromatic carbocycles. The summed E-state index contributed by atoms with van der Waals surface area (Å²) in [5, 5.41) is 15.3. The summed E-state index contributed by atoms with van der Waals surface area (Å²) in [6, 6.07) is 3.69. The van der Waals surface area contributed by atoms with E-state index in [9.17, 15) is 14.5 Å². The number of benzene rings is 1. The third-order valence-electron chi connectivity index (χ3n) is 2.10. The number of thiazole rings is 1. The van der Waals surface area contributed by atoms with Crippen LogP contribution in [0.4, 0.5) is 15.8 Å². The minimum atomic E-state index is -0.839. The van der Waals surface area contributed by atoms with Gasteiger partial charge in [0.1, 0.15) is 0 Å². The first-order valence-corrected chi connectivity index (χ1v) is 5.66. The molecule has 0 unspecified atom stereocenters. The highest BCUT2D eigenvalue weighted by Gasteiger charge is 2.14. The molecule has 0 aliphatic carbocycles. The SMILES string of the molecule is O=[N+]([O-])c1cc(NCc2cscn2)ccc1F. The Kier molecular flexibility index (Phi) is 3.29. The van der Waals surface area contributed by atoms with E-state index < -0.39 is 16.4 Å². The van der Waals surface area contributed by atoms with Crippen molar-refractivity contribution >= 4 is 22.7 Å². The summed E-state index contributed by atoms with van der Waals surface area (Å²) in [5.74, 6) is -0.839. The highest BCUT2D eigenvalue weighted by atomic mass is 32.1. The fourth-order valence-corrected chi connectivity index (χ4v) is 1.84. The zero-order valence-corrected chi connectivity index (χ0v) is 9.41. The van der Waals surface area contributed by atoms with E-state index in [1.807, 2.05) is 5.38 Å². The molecule has 0 saturated heterocycles. The van der Waals surface area contributed by atoms with Gasteiger partial charge in [0.2, 0.25) is 5.82 Å². The lowest BCUT2D eigenvalue weighted by Crippen LogP contribution is -2.01. The monoisotopic (exact) mass is 253 g/mol. The number of hydrogen-bond donors (Lipinski definition) is 1. The highest BCUT2D eigenvalue weighted by Crippen LogP contribution is 2.21. The van der Waals surface area contributed by atoms with Gasteiger partial charge in [-0.15, -0.1) is 11.3 Å². The van der Waals surface area contributed by atoms with Crippen LogP contribution in [-0.4, -0.2) is 9.91 Å². The maximum atomic E-state index is 13.1. The van der Waals surface area contributed by atoms with E-state index in [-0.39, 0.29) is 0 Å². The number of halogens is 1. The van der Waals surface area contributed by atoms with Crippen LogP contribution >= 0.6 is 11.3 Å². The predicted octanol–water partition coefficient (Wildman–Crippen LogP) is 2.80. The molecule has 1 heterocycles. The van der Waals surface area contributed by atoms with Crippen LogP contribution < -0.4 is 5.32 Å². The molecule has 0 aliphatic rings. The smallest absolute Gasteiger partial charge is 0.306 e. The van der Waals surface area contributed by atoms with Gasteiger partial charge in [0.25, 0.3) is 0 Å². The molecule has 0 saturated carbocycles. The fraction of sp³-hybridized carbons (Fsp3) is 0.100. The standard InChI is InChI=1S/C10H8FN3O2S/c11-9-2-1-7(3-10(9)14(15)16)12-4-8-5-17-6-13-8/h1-3,5-6,12H,4H2. The number of anilines is 1. The molecule has 0 fully saturated rings. The first-order chi connectivity index (χ1) is 8.16. The Hall–Kier alpha value is -2.02. The van der Waals surface area contributed by atoms with Crippen molar-refractivity contribution < 1.29 is 9.31 Å². The summed E-state index contributed by atoms with van der Waals surface area (Å²) in [4.78, 5) is 13.8. The van der Waals surface area contributed by atoms with Gasteiger partial charge in [0, 0.05) is 17.1 Å². The van der Waals surface area contributed by atoms with Crippen molar-refractivity contribution in [1.29, 1.82) is 0 Å². The molecule has 88 valence electrons. The zero-order valence-electron chi connectivity index (χ0n) is 8.59. The van der Waals surface area contributed by atoms with Crippen LogP contribution in [0.2, 0.25) is 0 Å². The van der Waals surface area contributed by atoms with Crippen molar-refractivity contribution in [2.75, 3.05) is 5.32 Å². The van der Waals surface area contributed by atoms with Crippen LogP contribution in [0, 0.1) is 15.9 Å². The first kappa shape index (κ1) is 11.5. The summed E-state index contributed by atoms with van der Waals surface area (Å²) >= 11 is 1.47. The number of rotatable bonds is 4. The first-order valence-electron chi connectivity index (χ1n) is 4.71. The summed E-state index contributed by atoms with van der Waals surface area (Å²) in [6.45, 7) is 0.451. The summed E-state index contributed by atoms with van der Waals surface area (Å²) in [7, 11) is 0. The van der Waals surface area contributed by atoms with Gasteiger partial charge in [-0.1, -0.05) is 0 Å². The van der Waals surface area contributed by atoms with Crippen molar-refractivity contribution in [3.63, 3.8) is 0 Å². The molecule has 0 radical (unpaired) electrons. The second kappa shape index (κ2) is 4.88. The average Bonchev–Trinajstić information content (AvgIpc) is 2.80. The van der Waals surface area contributed by atoms with E-state index in [1.165, 1.54) is 23.5 Å². The fourth-order valence-electron chi connectivity index (χ4n) is 1.28. The van der Waals surface area contributed by atoms with Crippen molar-refractivity contribution in [1.82, 2.24) is 4.98 Å². The maximum absolute atomic E-state index is 13.1. The van der Waals surface area contributed by atoms with Crippen LogP contribution in [0.25, 0.3) is 0 Å². The molecule has 0 atom stereocenters. The van der Waals surface area contributed by atoms with Crippen LogP contribution in [0.1, 0.15) is 5.69 Å². The highest BCUT2D eigenvalue weighted by molar-refractivity contribution is 7.07. The molecule has 0 aliphatic heterocycles. The minimum absolute atomic E-state index is 0.451. The van der Waals surface area contributed by atoms with E-state index in [0.29, 0.717) is 12.2 Å². The van der Waals surface area contributed by atoms with E-state index >= 15 is 0 Å². The molecule has 7 heteroatoms. The van der Waals surface area contributed by atoms with Gasteiger partial charge in [0.15, 0.2) is 0 Å². The van der Waals surface area contributed by atoms with E-state index in [1.54, 1.807) is 5.51 Å². The Morgan fingerprint density at radius 1 is 1.53 bits per heavy atom. The largest absolute Gasteiger partial charge is 0.379 e. The maximum Gasteiger partial charge on any atom is 0.306 e. The van der Waals surface area contributed by atoms with Gasteiger partial charge in [-0.2, -0.15) is 4.39 Å². The number of nitrogens with one attached hydrogen (secondary N) is 1. The Morgan fingerprint density at radius 2 is 2.35 bits per heavy atom. The lowest BCUT2D eigenvalue weighted by Gasteiger charge is -2.04. The topological polar surface area (TPSA) is 68.1 Å². The summed E-state index contributed by atoms with van der Waals surface area (Å²) in [5.41, 5.74) is 2.49. The molecule has 1 aromatic heterocycles. The molecular weight excluding hydrogens is 245 g/mol. The second-order valence-corrected chi connectivity index (χ2v) is 3.98. The van der Waals surface area contributed by atoms with Gasteiger partial charge in [0.05, 0.1) is 22.7 Å². The summed E-state index contributed by atoms with van der Waals surface area (Å²) < 4.78 is 13.1. The van der Waals surface area contributed by atoms with Gasteiger partial charge < -0.3 is 5.32 Å². The number of aromatic nitrogens is 1. The quantitative estimate of drug-likeness (QED) is 0.672. The Labute approximate surface area is 100 Å². The van der Waals surface area contributed by atoms with Gasteiger partial charge in [-0.3, -0.25) is 10.1 Å². The molecule has 5 nitrogen and oxygen atoms in total. The predicted molar refractivity (Wildman–Crippen MR) is 62.5 cm³/mol. The molecule has 2 rings (SSSR count). The van der Waals surface area contributed by atoms with Crippen molar-refractivity contribution in [3.8, 4) is 0 Å². The molecular formula is C10H8FN3O2S. The van der Waals surface area contributed by atoms with Crippen molar-refractivity contribution in [2.24, 2.45) is 0 Å². The van der Waals surface area contributed by atoms with Crippen LogP contribution in [0.5, 0.6) is 0 Å². The van der Waals surface area contributed by atoms with Crippen LogP contribution in [-0.2, 0) is 6.54 Å². The number of nitro benzene ring substituents is 1. The molecule has 0 spiro atoms. The second-order valence-electron chi connectivity index (χ2n) is 3.26. The number of nitro groups is 1. The Balaban J connectivity index is 2.11. The van der Waals surface area contributed by atoms with Crippen LogP contribution in [0.3, 0.4) is 0 Å². The molecule has 0 amide bonds. The van der Waals surface area contributed by atoms with Crippen molar-refractivity contribution in [3.05, 3.63) is 50.7 Å². The van der Waals surface area contributed by atoms with E-state index in [0.717, 1.165) is 11.8 Å². The minimum Gasteiger partial charge on any atom is -0.379 e. The molecule has 17 heavy (non-hydrogen) atoms. The van der Waals surface area contributed by atoms with E-state index in [2.05, 4.69) is 10.3 Å². The number of hydrogen-bond acceptors (Lipinski definition) is 5. The number of nitrogens with zero attached hydrogens (tertiary/aromatic N) is 2. The third kappa shape index (κ3) is 2.76. The molecule has 0 bridgehead atoms. The summed E-state index contributed by atoms with van der Waals surface area (Å²) in [6.07, 6.45) is 0. The third-order valence-corrected chi connectivity index (χ3v) is 2.74. The van der Waals surface area contributed by atoms with Crippen molar-refractivity contribution in [2.45, 2.75) is 6.54 Å². The normalized spacial score (nSPS) is 10.2. The lowest BCUT2D eigenvalue weighted by atomic mass is 10.2. The van der Waals surface area contributed by atoms with Gasteiger partial charge >= 0.3 is 5.69 Å². The lowest BCUT2D eigenvalue weighted by molar-refractivity contribution is -0.387. The van der Waals surface area contributed by atoms with Crippen LogP contribution in [0.15, 0.2) is 29.1 Å². The van der Waals surface area contributed by atoms with E-state index in [4.69, 9.17) is 0 Å². The Bertz CT molecular complexity index is 530. The molecule has 2 aromatic rings. The van der Waals surface area contributed by atoms with Gasteiger partial charge in [-0.25, -0.2) is 4.98 Å².